The zero-order chi connectivity index (χ0) is 17.9. The number of sulfonamides is 1. The molecule has 0 unspecified atom stereocenters. The lowest BCUT2D eigenvalue weighted by atomic mass is 10.0. The molecule has 0 aliphatic rings. The van der Waals surface area contributed by atoms with Gasteiger partial charge in [-0.25, -0.2) is 8.42 Å². The van der Waals surface area contributed by atoms with Crippen molar-refractivity contribution in [2.24, 2.45) is 0 Å². The van der Waals surface area contributed by atoms with Crippen molar-refractivity contribution in [2.75, 3.05) is 4.72 Å². The molecule has 0 heterocycles. The van der Waals surface area contributed by atoms with Crippen LogP contribution < -0.4 is 9.83 Å². The average Bonchev–Trinajstić information content (AvgIpc) is 2.63. The lowest BCUT2D eigenvalue weighted by Crippen LogP contribution is -2.23. The number of hydrogen-bond donors (Lipinski definition) is 1. The molecule has 0 aromatic heterocycles. The van der Waals surface area contributed by atoms with E-state index >= 15 is 0 Å². The molecule has 0 amide bonds. The molecule has 3 aromatic rings. The van der Waals surface area contributed by atoms with Crippen molar-refractivity contribution in [3.05, 3.63) is 84.4 Å². The van der Waals surface area contributed by atoms with Crippen LogP contribution in [0.3, 0.4) is 0 Å². The number of anilines is 1. The number of carboxylic acids is 1. The van der Waals surface area contributed by atoms with Gasteiger partial charge in [0.1, 0.15) is 0 Å². The Bertz CT molecular complexity index is 1010. The molecule has 6 heteroatoms. The molecule has 0 spiro atoms. The van der Waals surface area contributed by atoms with Gasteiger partial charge in [0.2, 0.25) is 0 Å². The summed E-state index contributed by atoms with van der Waals surface area (Å²) in [6.07, 6.45) is 0. The van der Waals surface area contributed by atoms with E-state index in [1.165, 1.54) is 18.2 Å². The van der Waals surface area contributed by atoms with Gasteiger partial charge in [-0.1, -0.05) is 60.7 Å². The Labute approximate surface area is 145 Å². The number of aromatic carboxylic acids is 1. The van der Waals surface area contributed by atoms with Gasteiger partial charge in [-0.3, -0.25) is 4.72 Å². The fourth-order valence-corrected chi connectivity index (χ4v) is 3.56. The van der Waals surface area contributed by atoms with E-state index in [1.54, 1.807) is 12.1 Å². The first-order valence-corrected chi connectivity index (χ1v) is 8.94. The number of benzene rings is 3. The summed E-state index contributed by atoms with van der Waals surface area (Å²) in [6, 6.07) is 21.4. The Morgan fingerprint density at radius 1 is 0.840 bits per heavy atom. The molecule has 0 bridgehead atoms. The van der Waals surface area contributed by atoms with E-state index in [0.29, 0.717) is 5.69 Å². The SMILES string of the molecule is O=C([O-])c1cccc(S(=O)(=O)Nc2ccccc2-c2ccccc2)c1. The quantitative estimate of drug-likeness (QED) is 0.764. The third kappa shape index (κ3) is 3.70. The predicted molar refractivity (Wildman–Crippen MR) is 93.5 cm³/mol. The third-order valence-corrected chi connectivity index (χ3v) is 5.00. The Kier molecular flexibility index (Phi) is 4.54. The molecule has 0 aliphatic carbocycles. The van der Waals surface area contributed by atoms with Crippen LogP contribution in [0.2, 0.25) is 0 Å². The molecule has 0 aliphatic heterocycles. The van der Waals surface area contributed by atoms with Gasteiger partial charge in [0, 0.05) is 5.56 Å². The minimum atomic E-state index is -3.94. The lowest BCUT2D eigenvalue weighted by Gasteiger charge is -2.13. The highest BCUT2D eigenvalue weighted by Gasteiger charge is 2.17. The van der Waals surface area contributed by atoms with Gasteiger partial charge in [0.05, 0.1) is 16.6 Å². The summed E-state index contributed by atoms with van der Waals surface area (Å²) in [6.45, 7) is 0. The first kappa shape index (κ1) is 16.7. The van der Waals surface area contributed by atoms with E-state index in [9.17, 15) is 18.3 Å². The van der Waals surface area contributed by atoms with Gasteiger partial charge in [-0.2, -0.15) is 0 Å². The topological polar surface area (TPSA) is 86.3 Å². The molecular weight excluding hydrogens is 338 g/mol. The summed E-state index contributed by atoms with van der Waals surface area (Å²) in [5, 5.41) is 11.0. The second-order valence-electron chi connectivity index (χ2n) is 5.33. The number of nitrogens with one attached hydrogen (secondary N) is 1. The van der Waals surface area contributed by atoms with Crippen molar-refractivity contribution in [1.82, 2.24) is 0 Å². The molecule has 3 rings (SSSR count). The lowest BCUT2D eigenvalue weighted by molar-refractivity contribution is -0.255. The maximum Gasteiger partial charge on any atom is 0.261 e. The predicted octanol–water partition coefficient (Wildman–Crippen LogP) is 2.52. The van der Waals surface area contributed by atoms with E-state index in [0.717, 1.165) is 17.2 Å². The highest BCUT2D eigenvalue weighted by molar-refractivity contribution is 7.92. The summed E-state index contributed by atoms with van der Waals surface area (Å²) in [7, 11) is -3.94. The summed E-state index contributed by atoms with van der Waals surface area (Å²) in [5.41, 5.74) is 1.80. The minimum absolute atomic E-state index is 0.142. The maximum atomic E-state index is 12.6. The number of carbonyl (C=O) groups is 1. The summed E-state index contributed by atoms with van der Waals surface area (Å²) >= 11 is 0. The second kappa shape index (κ2) is 6.78. The van der Waals surface area contributed by atoms with Crippen molar-refractivity contribution < 1.29 is 18.3 Å². The Morgan fingerprint density at radius 3 is 2.24 bits per heavy atom. The normalized spacial score (nSPS) is 11.0. The standard InChI is InChI=1S/C19H15NO4S/c21-19(22)15-9-6-10-16(13-15)25(23,24)20-18-12-5-4-11-17(18)14-7-2-1-3-8-14/h1-13,20H,(H,21,22)/p-1. The molecule has 0 atom stereocenters. The van der Waals surface area contributed by atoms with Gasteiger partial charge in [-0.15, -0.1) is 0 Å². The number of rotatable bonds is 5. The highest BCUT2D eigenvalue weighted by Crippen LogP contribution is 2.29. The summed E-state index contributed by atoms with van der Waals surface area (Å²) < 4.78 is 27.8. The number of hydrogen-bond acceptors (Lipinski definition) is 4. The third-order valence-electron chi connectivity index (χ3n) is 3.64. The first-order valence-electron chi connectivity index (χ1n) is 7.46. The minimum Gasteiger partial charge on any atom is -0.545 e. The van der Waals surface area contributed by atoms with Gasteiger partial charge in [0.25, 0.3) is 10.0 Å². The van der Waals surface area contributed by atoms with Crippen LogP contribution in [-0.4, -0.2) is 14.4 Å². The van der Waals surface area contributed by atoms with Crippen molar-refractivity contribution in [1.29, 1.82) is 0 Å². The molecule has 0 saturated carbocycles. The van der Waals surface area contributed by atoms with Crippen LogP contribution in [0.25, 0.3) is 11.1 Å². The Balaban J connectivity index is 2.00. The molecule has 0 radical (unpaired) electrons. The second-order valence-corrected chi connectivity index (χ2v) is 7.01. The van der Waals surface area contributed by atoms with E-state index in [-0.39, 0.29) is 10.5 Å². The fraction of sp³-hybridized carbons (Fsp3) is 0. The van der Waals surface area contributed by atoms with E-state index in [2.05, 4.69) is 4.72 Å². The zero-order valence-corrected chi connectivity index (χ0v) is 13.9. The molecular formula is C19H14NO4S-. The van der Waals surface area contributed by atoms with Crippen LogP contribution in [0.4, 0.5) is 5.69 Å². The highest BCUT2D eigenvalue weighted by atomic mass is 32.2. The van der Waals surface area contributed by atoms with Crippen LogP contribution in [0.15, 0.2) is 83.8 Å². The van der Waals surface area contributed by atoms with Gasteiger partial charge in [0.15, 0.2) is 0 Å². The van der Waals surface area contributed by atoms with Gasteiger partial charge in [-0.05, 0) is 29.3 Å². The molecule has 0 saturated heterocycles. The summed E-state index contributed by atoms with van der Waals surface area (Å²) in [4.78, 5) is 10.8. The number of para-hydroxylation sites is 1. The van der Waals surface area contributed by atoms with Crippen LogP contribution in [0, 0.1) is 0 Å². The average molecular weight is 352 g/mol. The van der Waals surface area contributed by atoms with Crippen LogP contribution in [0.5, 0.6) is 0 Å². The molecule has 25 heavy (non-hydrogen) atoms. The monoisotopic (exact) mass is 352 g/mol. The Morgan fingerprint density at radius 2 is 1.52 bits per heavy atom. The smallest absolute Gasteiger partial charge is 0.261 e. The fourth-order valence-electron chi connectivity index (χ4n) is 2.44. The van der Waals surface area contributed by atoms with Crippen molar-refractivity contribution >= 4 is 21.7 Å². The Hall–Kier alpha value is -3.12. The van der Waals surface area contributed by atoms with Crippen molar-refractivity contribution in [2.45, 2.75) is 4.90 Å². The number of carboxylic acid groups (broad SMARTS) is 1. The van der Waals surface area contributed by atoms with Gasteiger partial charge < -0.3 is 9.90 Å². The van der Waals surface area contributed by atoms with Crippen molar-refractivity contribution in [3.63, 3.8) is 0 Å². The molecule has 126 valence electrons. The van der Waals surface area contributed by atoms with E-state index < -0.39 is 16.0 Å². The molecule has 5 nitrogen and oxygen atoms in total. The number of carbonyl (C=O) groups excluding carboxylic acids is 1. The molecule has 1 N–H and O–H groups in total. The van der Waals surface area contributed by atoms with Gasteiger partial charge >= 0.3 is 0 Å². The van der Waals surface area contributed by atoms with Crippen LogP contribution in [-0.2, 0) is 10.0 Å². The molecule has 0 fully saturated rings. The van der Waals surface area contributed by atoms with Crippen LogP contribution in [0.1, 0.15) is 10.4 Å². The molecule has 3 aromatic carbocycles. The van der Waals surface area contributed by atoms with E-state index in [4.69, 9.17) is 0 Å². The van der Waals surface area contributed by atoms with E-state index in [1.807, 2.05) is 42.5 Å². The summed E-state index contributed by atoms with van der Waals surface area (Å²) in [5.74, 6) is -1.43. The van der Waals surface area contributed by atoms with Crippen molar-refractivity contribution in [3.8, 4) is 11.1 Å². The maximum absolute atomic E-state index is 12.6. The first-order chi connectivity index (χ1) is 12.0. The van der Waals surface area contributed by atoms with Crippen LogP contribution >= 0.6 is 0 Å². The largest absolute Gasteiger partial charge is 0.545 e. The zero-order valence-electron chi connectivity index (χ0n) is 13.0.